The van der Waals surface area contributed by atoms with E-state index in [-0.39, 0.29) is 18.1 Å². The molecular weight excluding hydrogens is 242 g/mol. The number of carbonyl (C=O) groups is 1. The van der Waals surface area contributed by atoms with Gasteiger partial charge in [-0.1, -0.05) is 6.58 Å². The van der Waals surface area contributed by atoms with Crippen molar-refractivity contribution in [3.8, 4) is 0 Å². The quantitative estimate of drug-likeness (QED) is 0.604. The summed E-state index contributed by atoms with van der Waals surface area (Å²) in [5.41, 5.74) is 0.390. The zero-order valence-electron chi connectivity index (χ0n) is 10.2. The Morgan fingerprint density at radius 2 is 1.82 bits per heavy atom. The molecule has 17 heavy (non-hydrogen) atoms. The SMILES string of the molecule is C=C(C)C(=O)OC1CCC(NS(C)(=O)=O)CC1. The second kappa shape index (κ2) is 5.64. The minimum absolute atomic E-state index is 0.0372. The summed E-state index contributed by atoms with van der Waals surface area (Å²) in [7, 11) is -3.15. The van der Waals surface area contributed by atoms with Crippen LogP contribution in [0.3, 0.4) is 0 Å². The maximum atomic E-state index is 11.3. The highest BCUT2D eigenvalue weighted by Gasteiger charge is 2.25. The van der Waals surface area contributed by atoms with Crippen molar-refractivity contribution in [1.82, 2.24) is 4.72 Å². The van der Waals surface area contributed by atoms with Crippen LogP contribution < -0.4 is 4.72 Å². The molecule has 1 fully saturated rings. The maximum absolute atomic E-state index is 11.3. The highest BCUT2D eigenvalue weighted by molar-refractivity contribution is 7.88. The lowest BCUT2D eigenvalue weighted by atomic mass is 9.94. The number of sulfonamides is 1. The van der Waals surface area contributed by atoms with E-state index in [9.17, 15) is 13.2 Å². The number of carbonyl (C=O) groups excluding carboxylic acids is 1. The maximum Gasteiger partial charge on any atom is 0.333 e. The molecule has 0 atom stereocenters. The zero-order valence-corrected chi connectivity index (χ0v) is 11.0. The van der Waals surface area contributed by atoms with Gasteiger partial charge in [-0.25, -0.2) is 17.9 Å². The van der Waals surface area contributed by atoms with Gasteiger partial charge < -0.3 is 4.74 Å². The Hall–Kier alpha value is -0.880. The monoisotopic (exact) mass is 261 g/mol. The molecular formula is C11H19NO4S. The third kappa shape index (κ3) is 5.32. The van der Waals surface area contributed by atoms with Crippen molar-refractivity contribution in [2.75, 3.05) is 6.26 Å². The Balaban J connectivity index is 2.36. The van der Waals surface area contributed by atoms with E-state index in [2.05, 4.69) is 11.3 Å². The molecule has 0 aliphatic heterocycles. The fourth-order valence-corrected chi connectivity index (χ4v) is 2.69. The molecule has 0 unspecified atom stereocenters. The fourth-order valence-electron chi connectivity index (χ4n) is 1.85. The minimum atomic E-state index is -3.15. The number of ether oxygens (including phenoxy) is 1. The molecule has 0 saturated heterocycles. The summed E-state index contributed by atoms with van der Waals surface area (Å²) in [6.07, 6.45) is 3.80. The van der Waals surface area contributed by atoms with Crippen LogP contribution in [0.25, 0.3) is 0 Å². The van der Waals surface area contributed by atoms with Gasteiger partial charge >= 0.3 is 5.97 Å². The van der Waals surface area contributed by atoms with Crippen molar-refractivity contribution in [2.24, 2.45) is 0 Å². The zero-order chi connectivity index (χ0) is 13.1. The van der Waals surface area contributed by atoms with Crippen LogP contribution in [0.2, 0.25) is 0 Å². The molecule has 1 N–H and O–H groups in total. The predicted molar refractivity (Wildman–Crippen MR) is 64.9 cm³/mol. The number of esters is 1. The Labute approximate surface area is 102 Å². The highest BCUT2D eigenvalue weighted by atomic mass is 32.2. The lowest BCUT2D eigenvalue weighted by molar-refractivity contribution is -0.145. The molecule has 1 saturated carbocycles. The van der Waals surface area contributed by atoms with Crippen LogP contribution in [0.5, 0.6) is 0 Å². The minimum Gasteiger partial charge on any atom is -0.459 e. The van der Waals surface area contributed by atoms with Gasteiger partial charge in [0.05, 0.1) is 6.26 Å². The van der Waals surface area contributed by atoms with Gasteiger partial charge in [-0.05, 0) is 32.6 Å². The molecule has 6 heteroatoms. The van der Waals surface area contributed by atoms with Crippen molar-refractivity contribution in [3.63, 3.8) is 0 Å². The second-order valence-corrected chi connectivity index (χ2v) is 6.33. The van der Waals surface area contributed by atoms with Crippen LogP contribution in [0, 0.1) is 0 Å². The number of nitrogens with one attached hydrogen (secondary N) is 1. The van der Waals surface area contributed by atoms with Crippen LogP contribution in [-0.4, -0.2) is 32.8 Å². The largest absolute Gasteiger partial charge is 0.459 e. The first kappa shape index (κ1) is 14.2. The average molecular weight is 261 g/mol. The lowest BCUT2D eigenvalue weighted by Crippen LogP contribution is -2.38. The van der Waals surface area contributed by atoms with Crippen molar-refractivity contribution in [1.29, 1.82) is 0 Å². The Bertz CT molecular complexity index is 394. The summed E-state index contributed by atoms with van der Waals surface area (Å²) < 4.78 is 29.9. The molecule has 0 aromatic carbocycles. The number of hydrogen-bond acceptors (Lipinski definition) is 4. The Kier molecular flexibility index (Phi) is 4.70. The van der Waals surface area contributed by atoms with E-state index < -0.39 is 10.0 Å². The van der Waals surface area contributed by atoms with Crippen LogP contribution in [0.4, 0.5) is 0 Å². The normalized spacial score (nSPS) is 25.3. The lowest BCUT2D eigenvalue weighted by Gasteiger charge is -2.28. The van der Waals surface area contributed by atoms with Crippen LogP contribution in [0.15, 0.2) is 12.2 Å². The van der Waals surface area contributed by atoms with Crippen LogP contribution in [0.1, 0.15) is 32.6 Å². The number of rotatable bonds is 4. The van der Waals surface area contributed by atoms with Crippen molar-refractivity contribution in [2.45, 2.75) is 44.8 Å². The third-order valence-corrected chi connectivity index (χ3v) is 3.44. The summed E-state index contributed by atoms with van der Waals surface area (Å²) in [5, 5.41) is 0. The first-order valence-electron chi connectivity index (χ1n) is 5.61. The van der Waals surface area contributed by atoms with Crippen molar-refractivity contribution < 1.29 is 17.9 Å². The first-order valence-corrected chi connectivity index (χ1v) is 7.51. The average Bonchev–Trinajstić information content (AvgIpc) is 2.18. The highest BCUT2D eigenvalue weighted by Crippen LogP contribution is 2.22. The summed E-state index contributed by atoms with van der Waals surface area (Å²) in [6, 6.07) is -0.0372. The summed E-state index contributed by atoms with van der Waals surface area (Å²) in [4.78, 5) is 11.3. The molecule has 0 radical (unpaired) electrons. The third-order valence-electron chi connectivity index (χ3n) is 2.68. The molecule has 5 nitrogen and oxygen atoms in total. The summed E-state index contributed by atoms with van der Waals surface area (Å²) >= 11 is 0. The van der Waals surface area contributed by atoms with E-state index in [1.807, 2.05) is 0 Å². The van der Waals surface area contributed by atoms with Crippen LogP contribution >= 0.6 is 0 Å². The molecule has 1 aliphatic rings. The van der Waals surface area contributed by atoms with Crippen molar-refractivity contribution in [3.05, 3.63) is 12.2 Å². The van der Waals surface area contributed by atoms with E-state index in [0.717, 1.165) is 6.26 Å². The Morgan fingerprint density at radius 3 is 2.24 bits per heavy atom. The summed E-state index contributed by atoms with van der Waals surface area (Å²) in [6.45, 7) is 5.13. The van der Waals surface area contributed by atoms with Gasteiger partial charge in [-0.15, -0.1) is 0 Å². The second-order valence-electron chi connectivity index (χ2n) is 4.55. The van der Waals surface area contributed by atoms with Gasteiger partial charge in [0.1, 0.15) is 6.10 Å². The van der Waals surface area contributed by atoms with Gasteiger partial charge in [0.2, 0.25) is 10.0 Å². The molecule has 1 aliphatic carbocycles. The smallest absolute Gasteiger partial charge is 0.333 e. The predicted octanol–water partition coefficient (Wildman–Crippen LogP) is 0.966. The molecule has 98 valence electrons. The van der Waals surface area contributed by atoms with Gasteiger partial charge in [0, 0.05) is 11.6 Å². The molecule has 0 bridgehead atoms. The fraction of sp³-hybridized carbons (Fsp3) is 0.727. The standard InChI is InChI=1S/C11H19NO4S/c1-8(2)11(13)16-10-6-4-9(5-7-10)12-17(3,14)15/h9-10,12H,1,4-7H2,2-3H3. The van der Waals surface area contributed by atoms with Gasteiger partial charge in [0.25, 0.3) is 0 Å². The number of hydrogen-bond donors (Lipinski definition) is 1. The topological polar surface area (TPSA) is 72.5 Å². The van der Waals surface area contributed by atoms with Gasteiger partial charge in [-0.3, -0.25) is 0 Å². The molecule has 0 aromatic heterocycles. The molecule has 0 spiro atoms. The Morgan fingerprint density at radius 1 is 1.29 bits per heavy atom. The van der Waals surface area contributed by atoms with Crippen molar-refractivity contribution >= 4 is 16.0 Å². The van der Waals surface area contributed by atoms with Gasteiger partial charge in [0.15, 0.2) is 0 Å². The van der Waals surface area contributed by atoms with E-state index >= 15 is 0 Å². The molecule has 1 rings (SSSR count). The van der Waals surface area contributed by atoms with E-state index in [0.29, 0.717) is 31.3 Å². The van der Waals surface area contributed by atoms with Crippen LogP contribution in [-0.2, 0) is 19.6 Å². The first-order chi connectivity index (χ1) is 7.78. The van der Waals surface area contributed by atoms with E-state index in [1.54, 1.807) is 6.92 Å². The molecule has 0 heterocycles. The van der Waals surface area contributed by atoms with Gasteiger partial charge in [-0.2, -0.15) is 0 Å². The van der Waals surface area contributed by atoms with E-state index in [4.69, 9.17) is 4.74 Å². The molecule has 0 amide bonds. The van der Waals surface area contributed by atoms with E-state index in [1.165, 1.54) is 0 Å². The summed E-state index contributed by atoms with van der Waals surface area (Å²) in [5.74, 6) is -0.371. The molecule has 0 aromatic rings.